The van der Waals surface area contributed by atoms with E-state index in [0.29, 0.717) is 21.4 Å². The summed E-state index contributed by atoms with van der Waals surface area (Å²) >= 11 is 0.686. The first-order chi connectivity index (χ1) is 10.8. The Bertz CT molecular complexity index is 855. The minimum Gasteiger partial charge on any atom is -0.346 e. The number of benzene rings is 1. The molecule has 3 aromatic rings. The van der Waals surface area contributed by atoms with Crippen molar-refractivity contribution >= 4 is 22.2 Å². The van der Waals surface area contributed by atoms with Crippen LogP contribution in [0.5, 0.6) is 0 Å². The van der Waals surface area contributed by atoms with Gasteiger partial charge in [0.15, 0.2) is 0 Å². The number of carbonyl (C=O) groups is 1. The third-order valence-corrected chi connectivity index (χ3v) is 3.70. The Kier molecular flexibility index (Phi) is 3.72. The van der Waals surface area contributed by atoms with Crippen LogP contribution in [-0.2, 0) is 12.7 Å². The molecule has 0 unspecified atom stereocenters. The van der Waals surface area contributed by atoms with Crippen LogP contribution in [0.2, 0.25) is 0 Å². The van der Waals surface area contributed by atoms with Gasteiger partial charge in [-0.1, -0.05) is 23.5 Å². The van der Waals surface area contributed by atoms with Crippen molar-refractivity contribution in [2.45, 2.75) is 12.7 Å². The molecule has 0 radical (unpaired) electrons. The summed E-state index contributed by atoms with van der Waals surface area (Å²) in [6, 6.07) is 5.44. The Morgan fingerprint density at radius 1 is 1.22 bits per heavy atom. The Labute approximate surface area is 129 Å². The van der Waals surface area contributed by atoms with E-state index in [0.717, 1.165) is 0 Å². The number of nitrogens with zero attached hydrogens (tertiary/aromatic N) is 4. The maximum Gasteiger partial charge on any atom is 0.453 e. The molecule has 0 bridgehead atoms. The van der Waals surface area contributed by atoms with Gasteiger partial charge in [0.2, 0.25) is 9.97 Å². The van der Waals surface area contributed by atoms with Crippen molar-refractivity contribution in [2.75, 3.05) is 0 Å². The van der Waals surface area contributed by atoms with Crippen LogP contribution in [0.15, 0.2) is 24.3 Å². The lowest BCUT2D eigenvalue weighted by molar-refractivity contribution is -0.146. The highest BCUT2D eigenvalue weighted by Gasteiger charge is 2.38. The zero-order chi connectivity index (χ0) is 16.6. The lowest BCUT2D eigenvalue weighted by Gasteiger charge is -2.03. The van der Waals surface area contributed by atoms with Crippen LogP contribution in [0.3, 0.4) is 0 Å². The zero-order valence-corrected chi connectivity index (χ0v) is 12.0. The number of aromatic nitrogens is 4. The van der Waals surface area contributed by atoms with Gasteiger partial charge in [0.25, 0.3) is 11.7 Å². The Morgan fingerprint density at radius 3 is 2.57 bits per heavy atom. The van der Waals surface area contributed by atoms with E-state index in [1.807, 2.05) is 0 Å². The van der Waals surface area contributed by atoms with E-state index >= 15 is 0 Å². The summed E-state index contributed by atoms with van der Waals surface area (Å²) < 4.78 is 51.3. The third-order valence-electron chi connectivity index (χ3n) is 2.80. The molecule has 11 heteroatoms. The fourth-order valence-corrected chi connectivity index (χ4v) is 2.50. The first-order valence-electron chi connectivity index (χ1n) is 6.16. The summed E-state index contributed by atoms with van der Waals surface area (Å²) in [5.74, 6) is -2.35. The van der Waals surface area contributed by atoms with Gasteiger partial charge in [0, 0.05) is 6.54 Å². The number of fused-ring (bicyclic) bond motifs is 1. The van der Waals surface area contributed by atoms with Gasteiger partial charge in [0.1, 0.15) is 5.82 Å². The van der Waals surface area contributed by atoms with E-state index in [2.05, 4.69) is 20.6 Å². The largest absolute Gasteiger partial charge is 0.453 e. The summed E-state index contributed by atoms with van der Waals surface area (Å²) in [5.41, 5.74) is 0.638. The molecule has 0 aliphatic heterocycles. The van der Waals surface area contributed by atoms with Crippen LogP contribution in [0, 0.1) is 5.82 Å². The van der Waals surface area contributed by atoms with Crippen molar-refractivity contribution in [2.24, 2.45) is 0 Å². The minimum atomic E-state index is -4.71. The highest BCUT2D eigenvalue weighted by Crippen LogP contribution is 2.28. The van der Waals surface area contributed by atoms with E-state index < -0.39 is 23.7 Å². The van der Waals surface area contributed by atoms with Gasteiger partial charge in [-0.25, -0.2) is 4.39 Å². The van der Waals surface area contributed by atoms with Crippen molar-refractivity contribution in [3.8, 4) is 0 Å². The fraction of sp³-hybridized carbons (Fsp3) is 0.167. The summed E-state index contributed by atoms with van der Waals surface area (Å²) in [6.07, 6.45) is -4.71. The molecule has 1 aromatic carbocycles. The molecule has 0 saturated heterocycles. The second-order valence-corrected chi connectivity index (χ2v) is 5.39. The topological polar surface area (TPSA) is 72.2 Å². The third kappa shape index (κ3) is 3.13. The fourth-order valence-electron chi connectivity index (χ4n) is 1.75. The second kappa shape index (κ2) is 5.57. The molecular weight excluding hydrogens is 338 g/mol. The van der Waals surface area contributed by atoms with Crippen LogP contribution in [0.1, 0.15) is 21.2 Å². The molecule has 0 fully saturated rings. The molecule has 0 atom stereocenters. The average Bonchev–Trinajstić information content (AvgIpc) is 3.05. The number of hydrogen-bond acceptors (Lipinski definition) is 5. The normalized spacial score (nSPS) is 11.8. The van der Waals surface area contributed by atoms with Crippen molar-refractivity contribution in [3.63, 3.8) is 0 Å². The number of halogens is 4. The van der Waals surface area contributed by atoms with Crippen LogP contribution in [-0.4, -0.2) is 25.7 Å². The molecule has 1 amide bonds. The molecule has 2 aromatic heterocycles. The predicted octanol–water partition coefficient (Wildman–Crippen LogP) is 2.27. The number of amides is 1. The van der Waals surface area contributed by atoms with Crippen molar-refractivity contribution < 1.29 is 22.4 Å². The average molecular weight is 345 g/mol. The van der Waals surface area contributed by atoms with Gasteiger partial charge in [-0.15, -0.1) is 15.3 Å². The van der Waals surface area contributed by atoms with Crippen molar-refractivity contribution in [1.82, 2.24) is 25.1 Å². The first-order valence-corrected chi connectivity index (χ1v) is 6.98. The van der Waals surface area contributed by atoms with E-state index in [1.165, 1.54) is 24.3 Å². The van der Waals surface area contributed by atoms with Crippen LogP contribution in [0.4, 0.5) is 17.6 Å². The molecule has 6 nitrogen and oxygen atoms in total. The summed E-state index contributed by atoms with van der Waals surface area (Å²) in [4.78, 5) is 11.8. The highest BCUT2D eigenvalue weighted by atomic mass is 32.1. The molecule has 0 saturated carbocycles. The first kappa shape index (κ1) is 15.3. The van der Waals surface area contributed by atoms with E-state index in [1.54, 1.807) is 0 Å². The van der Waals surface area contributed by atoms with Crippen molar-refractivity contribution in [3.05, 3.63) is 46.5 Å². The molecule has 0 aliphatic rings. The summed E-state index contributed by atoms with van der Waals surface area (Å²) in [5, 5.41) is 12.2. The van der Waals surface area contributed by atoms with E-state index in [9.17, 15) is 22.4 Å². The van der Waals surface area contributed by atoms with Gasteiger partial charge in [-0.2, -0.15) is 17.7 Å². The van der Waals surface area contributed by atoms with Crippen molar-refractivity contribution in [1.29, 1.82) is 0 Å². The summed E-state index contributed by atoms with van der Waals surface area (Å²) in [6.45, 7) is 0.0887. The zero-order valence-electron chi connectivity index (χ0n) is 11.1. The van der Waals surface area contributed by atoms with Gasteiger partial charge in [-0.3, -0.25) is 4.79 Å². The summed E-state index contributed by atoms with van der Waals surface area (Å²) in [7, 11) is 0. The number of nitrogens with one attached hydrogen (secondary N) is 1. The lowest BCUT2D eigenvalue weighted by atomic mass is 10.2. The van der Waals surface area contributed by atoms with E-state index in [-0.39, 0.29) is 16.5 Å². The smallest absolute Gasteiger partial charge is 0.346 e. The molecule has 3 rings (SSSR count). The predicted molar refractivity (Wildman–Crippen MR) is 71.2 cm³/mol. The number of alkyl halides is 3. The molecule has 0 aliphatic carbocycles. The molecule has 23 heavy (non-hydrogen) atoms. The lowest BCUT2D eigenvalue weighted by Crippen LogP contribution is -2.23. The van der Waals surface area contributed by atoms with Gasteiger partial charge in [-0.05, 0) is 17.7 Å². The van der Waals surface area contributed by atoms with Gasteiger partial charge < -0.3 is 5.32 Å². The van der Waals surface area contributed by atoms with Gasteiger partial charge in [0.05, 0.1) is 0 Å². The standard InChI is InChI=1S/C12H7F4N5OS/c13-7-3-1-6(2-4-7)5-17-8(22)9-20-21-10(12(14,15)16)18-19-11(21)23-9/h1-4H,5H2,(H,17,22). The van der Waals surface area contributed by atoms with Crippen LogP contribution < -0.4 is 5.32 Å². The Balaban J connectivity index is 1.76. The Hall–Kier alpha value is -2.56. The maximum atomic E-state index is 12.8. The molecular formula is C12H7F4N5OS. The number of rotatable bonds is 3. The molecule has 1 N–H and O–H groups in total. The minimum absolute atomic E-state index is 0.0887. The Morgan fingerprint density at radius 2 is 1.91 bits per heavy atom. The molecule has 0 spiro atoms. The quantitative estimate of drug-likeness (QED) is 0.739. The van der Waals surface area contributed by atoms with Crippen LogP contribution >= 0.6 is 11.3 Å². The maximum absolute atomic E-state index is 12.8. The van der Waals surface area contributed by atoms with Crippen LogP contribution in [0.25, 0.3) is 4.96 Å². The van der Waals surface area contributed by atoms with Gasteiger partial charge >= 0.3 is 6.18 Å². The van der Waals surface area contributed by atoms with E-state index in [4.69, 9.17) is 0 Å². The molecule has 2 heterocycles. The number of carbonyl (C=O) groups excluding carboxylic acids is 1. The monoisotopic (exact) mass is 345 g/mol. The SMILES string of the molecule is O=C(NCc1ccc(F)cc1)c1nn2c(C(F)(F)F)nnc2s1. The highest BCUT2D eigenvalue weighted by molar-refractivity contribution is 7.18. The second-order valence-electron chi connectivity index (χ2n) is 4.43. The number of hydrogen-bond donors (Lipinski definition) is 1. The molecule has 120 valence electrons.